The van der Waals surface area contributed by atoms with Gasteiger partial charge in [0.2, 0.25) is 0 Å². The molecule has 0 amide bonds. The number of rotatable bonds is 5. The molecule has 2 aromatic heterocycles. The van der Waals surface area contributed by atoms with Crippen LogP contribution in [0.1, 0.15) is 11.4 Å². The average Bonchev–Trinajstić information content (AvgIpc) is 2.87. The fraction of sp³-hybridized carbons (Fsp3) is 0.333. The third-order valence-corrected chi connectivity index (χ3v) is 4.79. The number of carbonyl (C=O) groups is 1. The molecule has 0 aromatic carbocycles. The molecule has 2 heterocycles. The van der Waals surface area contributed by atoms with Crippen molar-refractivity contribution in [2.75, 3.05) is 4.72 Å². The highest BCUT2D eigenvalue weighted by molar-refractivity contribution is 7.93. The molecule has 0 aliphatic heterocycles. The number of carboxylic acid groups (broad SMARTS) is 1. The van der Waals surface area contributed by atoms with E-state index in [0.717, 1.165) is 16.2 Å². The molecule has 11 heteroatoms. The lowest BCUT2D eigenvalue weighted by Gasteiger charge is -2.05. The van der Waals surface area contributed by atoms with Gasteiger partial charge in [-0.2, -0.15) is 5.10 Å². The van der Waals surface area contributed by atoms with E-state index in [-0.39, 0.29) is 21.3 Å². The number of hydrogen-bond donors (Lipinski definition) is 2. The molecule has 0 radical (unpaired) electrons. The summed E-state index contributed by atoms with van der Waals surface area (Å²) >= 11 is 0.901. The first-order valence-corrected chi connectivity index (χ1v) is 7.63. The Bertz CT molecular complexity index is 735. The second kappa shape index (κ2) is 5.17. The summed E-state index contributed by atoms with van der Waals surface area (Å²) in [5, 5.41) is 16.5. The van der Waals surface area contributed by atoms with Crippen LogP contribution in [0, 0.1) is 13.8 Å². The monoisotopic (exact) mass is 317 g/mol. The fourth-order valence-corrected chi connectivity index (χ4v) is 3.85. The highest BCUT2D eigenvalue weighted by Gasteiger charge is 2.25. The number of aromatic nitrogens is 4. The number of hydrogen-bond acceptors (Lipinski definition) is 7. The van der Waals surface area contributed by atoms with Crippen LogP contribution in [-0.2, 0) is 21.4 Å². The van der Waals surface area contributed by atoms with E-state index >= 15 is 0 Å². The number of sulfonamides is 1. The summed E-state index contributed by atoms with van der Waals surface area (Å²) in [5.41, 5.74) is 0.489. The quantitative estimate of drug-likeness (QED) is 0.808. The van der Waals surface area contributed by atoms with Gasteiger partial charge in [-0.15, -0.1) is 5.10 Å². The summed E-state index contributed by atoms with van der Waals surface area (Å²) in [4.78, 5) is 10.7. The van der Waals surface area contributed by atoms with Gasteiger partial charge >= 0.3 is 5.97 Å². The van der Waals surface area contributed by atoms with Crippen molar-refractivity contribution in [1.29, 1.82) is 0 Å². The van der Waals surface area contributed by atoms with E-state index in [0.29, 0.717) is 0 Å². The van der Waals surface area contributed by atoms with Crippen LogP contribution >= 0.6 is 11.5 Å². The van der Waals surface area contributed by atoms with E-state index in [4.69, 9.17) is 5.11 Å². The molecule has 0 aliphatic carbocycles. The topological polar surface area (TPSA) is 127 Å². The molecule has 0 spiro atoms. The molecule has 0 unspecified atom stereocenters. The van der Waals surface area contributed by atoms with E-state index in [1.807, 2.05) is 0 Å². The van der Waals surface area contributed by atoms with Crippen LogP contribution in [0.2, 0.25) is 0 Å². The lowest BCUT2D eigenvalue weighted by molar-refractivity contribution is -0.137. The summed E-state index contributed by atoms with van der Waals surface area (Å²) in [6, 6.07) is 0. The Morgan fingerprint density at radius 1 is 1.50 bits per heavy atom. The van der Waals surface area contributed by atoms with Gasteiger partial charge in [0.05, 0.1) is 17.6 Å². The predicted octanol–water partition coefficient (Wildman–Crippen LogP) is 0.237. The minimum atomic E-state index is -3.86. The van der Waals surface area contributed by atoms with E-state index in [1.54, 1.807) is 0 Å². The van der Waals surface area contributed by atoms with Crippen molar-refractivity contribution < 1.29 is 18.3 Å². The molecule has 2 aromatic rings. The standard InChI is InChI=1S/C9H11N5O4S2/c1-5-9(6(2)14(11-5)4-8(15)16)20(17,18)12-7-3-10-13-19-7/h3,12H,4H2,1-2H3,(H,15,16). The second-order valence-corrected chi connectivity index (χ2v) is 6.34. The van der Waals surface area contributed by atoms with Crippen LogP contribution in [0.15, 0.2) is 11.1 Å². The van der Waals surface area contributed by atoms with Crippen molar-refractivity contribution in [2.24, 2.45) is 0 Å². The Morgan fingerprint density at radius 2 is 2.20 bits per heavy atom. The average molecular weight is 317 g/mol. The molecular formula is C9H11N5O4S2. The molecule has 9 nitrogen and oxygen atoms in total. The van der Waals surface area contributed by atoms with Gasteiger partial charge in [-0.1, -0.05) is 4.49 Å². The Balaban J connectivity index is 2.41. The minimum absolute atomic E-state index is 0.0350. The summed E-state index contributed by atoms with van der Waals surface area (Å²) in [5.74, 6) is -1.10. The maximum atomic E-state index is 12.3. The zero-order valence-electron chi connectivity index (χ0n) is 10.6. The number of aliphatic carboxylic acids is 1. The summed E-state index contributed by atoms with van der Waals surface area (Å²) in [6.07, 6.45) is 1.29. The third-order valence-electron chi connectivity index (χ3n) is 2.47. The molecule has 108 valence electrons. The zero-order valence-corrected chi connectivity index (χ0v) is 12.2. The molecule has 20 heavy (non-hydrogen) atoms. The van der Waals surface area contributed by atoms with Gasteiger partial charge in [-0.3, -0.25) is 14.2 Å². The van der Waals surface area contributed by atoms with Crippen LogP contribution in [0.25, 0.3) is 0 Å². The van der Waals surface area contributed by atoms with Crippen molar-refractivity contribution in [2.45, 2.75) is 25.3 Å². The summed E-state index contributed by atoms with van der Waals surface area (Å²) in [7, 11) is -3.86. The van der Waals surface area contributed by atoms with E-state index < -0.39 is 22.5 Å². The molecule has 0 saturated carbocycles. The molecular weight excluding hydrogens is 306 g/mol. The third kappa shape index (κ3) is 2.77. The van der Waals surface area contributed by atoms with E-state index in [9.17, 15) is 13.2 Å². The van der Waals surface area contributed by atoms with Gasteiger partial charge in [-0.05, 0) is 13.8 Å². The highest BCUT2D eigenvalue weighted by Crippen LogP contribution is 2.23. The van der Waals surface area contributed by atoms with Crippen molar-refractivity contribution in [1.82, 2.24) is 19.4 Å². The lowest BCUT2D eigenvalue weighted by atomic mass is 10.4. The largest absolute Gasteiger partial charge is 0.480 e. The molecule has 2 N–H and O–H groups in total. The molecule has 0 aliphatic rings. The molecule has 0 fully saturated rings. The smallest absolute Gasteiger partial charge is 0.325 e. The Labute approximate surface area is 118 Å². The minimum Gasteiger partial charge on any atom is -0.480 e. The highest BCUT2D eigenvalue weighted by atomic mass is 32.2. The van der Waals surface area contributed by atoms with E-state index in [2.05, 4.69) is 19.4 Å². The second-order valence-electron chi connectivity index (χ2n) is 3.94. The van der Waals surface area contributed by atoms with Crippen LogP contribution < -0.4 is 4.72 Å². The maximum Gasteiger partial charge on any atom is 0.325 e. The first-order valence-electron chi connectivity index (χ1n) is 5.37. The number of nitrogens with zero attached hydrogens (tertiary/aromatic N) is 4. The first kappa shape index (κ1) is 14.4. The Hall–Kier alpha value is -2.01. The summed E-state index contributed by atoms with van der Waals surface area (Å²) < 4.78 is 31.6. The normalized spacial score (nSPS) is 11.5. The predicted molar refractivity (Wildman–Crippen MR) is 70.1 cm³/mol. The molecule has 0 saturated heterocycles. The van der Waals surface area contributed by atoms with Gasteiger partial charge in [-0.25, -0.2) is 8.42 Å². The van der Waals surface area contributed by atoms with Crippen molar-refractivity contribution in [3.63, 3.8) is 0 Å². The van der Waals surface area contributed by atoms with Gasteiger partial charge in [0.1, 0.15) is 16.4 Å². The SMILES string of the molecule is Cc1nn(CC(=O)O)c(C)c1S(=O)(=O)Nc1cnns1. The van der Waals surface area contributed by atoms with Gasteiger partial charge in [0.25, 0.3) is 10.0 Å². The number of anilines is 1. The maximum absolute atomic E-state index is 12.3. The Kier molecular flexibility index (Phi) is 3.72. The lowest BCUT2D eigenvalue weighted by Crippen LogP contribution is -2.15. The fourth-order valence-electron chi connectivity index (χ4n) is 1.75. The Morgan fingerprint density at radius 3 is 2.75 bits per heavy atom. The number of carboxylic acids is 1. The van der Waals surface area contributed by atoms with Crippen LogP contribution in [-0.4, -0.2) is 38.9 Å². The van der Waals surface area contributed by atoms with Crippen LogP contribution in [0.5, 0.6) is 0 Å². The van der Waals surface area contributed by atoms with Crippen molar-refractivity contribution in [3.05, 3.63) is 17.6 Å². The van der Waals surface area contributed by atoms with Crippen molar-refractivity contribution >= 4 is 32.5 Å². The number of aryl methyl sites for hydroxylation is 1. The van der Waals surface area contributed by atoms with E-state index in [1.165, 1.54) is 20.0 Å². The molecule has 2 rings (SSSR count). The van der Waals surface area contributed by atoms with Crippen molar-refractivity contribution in [3.8, 4) is 0 Å². The van der Waals surface area contributed by atoms with Crippen LogP contribution in [0.3, 0.4) is 0 Å². The van der Waals surface area contributed by atoms with Gasteiger partial charge in [0, 0.05) is 11.5 Å². The first-order chi connectivity index (χ1) is 9.31. The van der Waals surface area contributed by atoms with Gasteiger partial charge < -0.3 is 5.11 Å². The molecule has 0 bridgehead atoms. The zero-order chi connectivity index (χ0) is 14.9. The molecule has 0 atom stereocenters. The van der Waals surface area contributed by atoms with Gasteiger partial charge in [0.15, 0.2) is 0 Å². The summed E-state index contributed by atoms with van der Waals surface area (Å²) in [6.45, 7) is 2.61. The number of nitrogens with one attached hydrogen (secondary N) is 1. The van der Waals surface area contributed by atoms with Crippen LogP contribution in [0.4, 0.5) is 5.00 Å².